The summed E-state index contributed by atoms with van der Waals surface area (Å²) in [6.07, 6.45) is 0.960. The lowest BCUT2D eigenvalue weighted by molar-refractivity contribution is 0.0820. The number of hydrogen-bond acceptors (Lipinski definition) is 7. The number of Topliss-reactive ketones (excluding diaryl/α,β-unsaturated/α-hetero) is 1. The summed E-state index contributed by atoms with van der Waals surface area (Å²) in [5.41, 5.74) is -0.0747. The second kappa shape index (κ2) is 10.1. The van der Waals surface area contributed by atoms with Gasteiger partial charge in [0.1, 0.15) is 11.9 Å². The minimum atomic E-state index is -0.582. The summed E-state index contributed by atoms with van der Waals surface area (Å²) in [6, 6.07) is 5.95. The highest BCUT2D eigenvalue weighted by molar-refractivity contribution is 6.31. The Balaban J connectivity index is 1.86. The van der Waals surface area contributed by atoms with Gasteiger partial charge in [-0.25, -0.2) is 14.4 Å². The van der Waals surface area contributed by atoms with Crippen molar-refractivity contribution >= 4 is 34.9 Å². The molecule has 3 rings (SSSR count). The fourth-order valence-electron chi connectivity index (χ4n) is 3.72. The summed E-state index contributed by atoms with van der Waals surface area (Å²) in [7, 11) is 3.17. The minimum Gasteiger partial charge on any atom is -0.365 e. The molecule has 1 amide bonds. The molecule has 0 radical (unpaired) electrons. The van der Waals surface area contributed by atoms with Gasteiger partial charge in [0.25, 0.3) is 5.91 Å². The molecule has 0 atom stereocenters. The zero-order chi connectivity index (χ0) is 24.3. The van der Waals surface area contributed by atoms with Crippen molar-refractivity contribution in [3.05, 3.63) is 46.0 Å². The van der Waals surface area contributed by atoms with Gasteiger partial charge >= 0.3 is 0 Å². The largest absolute Gasteiger partial charge is 0.365 e. The number of ketones is 1. The summed E-state index contributed by atoms with van der Waals surface area (Å²) in [5.74, 6) is -0.763. The van der Waals surface area contributed by atoms with Crippen molar-refractivity contribution in [2.24, 2.45) is 5.92 Å². The number of nitrogens with one attached hydrogen (secondary N) is 1. The number of benzene rings is 1. The lowest BCUT2D eigenvalue weighted by Gasteiger charge is -2.33. The van der Waals surface area contributed by atoms with Crippen molar-refractivity contribution in [2.75, 3.05) is 37.4 Å². The van der Waals surface area contributed by atoms with Gasteiger partial charge in [-0.3, -0.25) is 9.59 Å². The van der Waals surface area contributed by atoms with Crippen LogP contribution in [-0.4, -0.2) is 59.8 Å². The van der Waals surface area contributed by atoms with E-state index >= 15 is 0 Å². The van der Waals surface area contributed by atoms with E-state index in [1.807, 2.05) is 24.8 Å². The Morgan fingerprint density at radius 3 is 2.52 bits per heavy atom. The first-order chi connectivity index (χ1) is 15.6. The molecule has 0 bridgehead atoms. The molecule has 10 heteroatoms. The molecule has 1 aliphatic rings. The van der Waals surface area contributed by atoms with Gasteiger partial charge in [-0.15, -0.1) is 0 Å². The standard InChI is InChI=1S/C23H26ClFN6O2/c1-13(2)27-21-22(28-18(12-26)19(29-21)23(33)30(3)4)31-9-7-14(8-10-31)20(32)16-11-15(24)5-6-17(16)25/h5-6,11,13-14H,7-10H2,1-4H3,(H,27,29). The van der Waals surface area contributed by atoms with Gasteiger partial charge in [0.05, 0.1) is 5.56 Å². The molecule has 1 aromatic heterocycles. The zero-order valence-electron chi connectivity index (χ0n) is 19.0. The fraction of sp³-hybridized carbons (Fsp3) is 0.435. The first-order valence-electron chi connectivity index (χ1n) is 10.7. The predicted molar refractivity (Wildman–Crippen MR) is 124 cm³/mol. The number of halogens is 2. The third kappa shape index (κ3) is 5.40. The van der Waals surface area contributed by atoms with Crippen molar-refractivity contribution in [3.63, 3.8) is 0 Å². The molecule has 0 aliphatic carbocycles. The summed E-state index contributed by atoms with van der Waals surface area (Å²) in [5, 5.41) is 13.1. The van der Waals surface area contributed by atoms with Crippen LogP contribution in [0.1, 0.15) is 53.2 Å². The van der Waals surface area contributed by atoms with Gasteiger partial charge in [0, 0.05) is 44.2 Å². The number of carbonyl (C=O) groups is 2. The van der Waals surface area contributed by atoms with Crippen molar-refractivity contribution in [1.82, 2.24) is 14.9 Å². The average molecular weight is 473 g/mol. The number of nitrogens with zero attached hydrogens (tertiary/aromatic N) is 5. The van der Waals surface area contributed by atoms with E-state index in [-0.39, 0.29) is 34.7 Å². The second-order valence-corrected chi connectivity index (χ2v) is 8.89. The molecule has 1 aliphatic heterocycles. The van der Waals surface area contributed by atoms with Gasteiger partial charge in [0.15, 0.2) is 28.8 Å². The summed E-state index contributed by atoms with van der Waals surface area (Å²) in [6.45, 7) is 4.79. The number of hydrogen-bond donors (Lipinski definition) is 1. The molecule has 1 aromatic carbocycles. The Hall–Kier alpha value is -3.25. The highest BCUT2D eigenvalue weighted by atomic mass is 35.5. The van der Waals surface area contributed by atoms with Gasteiger partial charge in [0.2, 0.25) is 0 Å². The van der Waals surface area contributed by atoms with Gasteiger partial charge in [-0.05, 0) is 44.9 Å². The minimum absolute atomic E-state index is 0.00113. The Labute approximate surface area is 197 Å². The average Bonchev–Trinajstić information content (AvgIpc) is 2.79. The lowest BCUT2D eigenvalue weighted by Crippen LogP contribution is -2.38. The molecule has 2 aromatic rings. The molecule has 0 spiro atoms. The van der Waals surface area contributed by atoms with Crippen LogP contribution in [0.2, 0.25) is 5.02 Å². The summed E-state index contributed by atoms with van der Waals surface area (Å²) in [4.78, 5) is 37.5. The smallest absolute Gasteiger partial charge is 0.275 e. The van der Waals surface area contributed by atoms with Crippen LogP contribution in [0.25, 0.3) is 0 Å². The maximum atomic E-state index is 14.2. The Morgan fingerprint density at radius 1 is 1.27 bits per heavy atom. The maximum absolute atomic E-state index is 14.2. The van der Waals surface area contributed by atoms with Crippen LogP contribution in [0.5, 0.6) is 0 Å². The molecular formula is C23H26ClFN6O2. The van der Waals surface area contributed by atoms with E-state index < -0.39 is 11.7 Å². The molecule has 1 N–H and O–H groups in total. The molecule has 2 heterocycles. The van der Waals surface area contributed by atoms with Crippen LogP contribution in [-0.2, 0) is 0 Å². The van der Waals surface area contributed by atoms with Gasteiger partial charge in [-0.1, -0.05) is 11.6 Å². The van der Waals surface area contributed by atoms with Gasteiger partial charge in [-0.2, -0.15) is 5.26 Å². The first-order valence-corrected chi connectivity index (χ1v) is 11.0. The molecular weight excluding hydrogens is 447 g/mol. The highest BCUT2D eigenvalue weighted by Gasteiger charge is 2.31. The van der Waals surface area contributed by atoms with E-state index in [2.05, 4.69) is 15.3 Å². The Bertz CT molecular complexity index is 1110. The highest BCUT2D eigenvalue weighted by Crippen LogP contribution is 2.31. The second-order valence-electron chi connectivity index (χ2n) is 8.45. The van der Waals surface area contributed by atoms with Crippen molar-refractivity contribution < 1.29 is 14.0 Å². The zero-order valence-corrected chi connectivity index (χ0v) is 19.8. The number of anilines is 2. The third-order valence-corrected chi connectivity index (χ3v) is 5.61. The van der Waals surface area contributed by atoms with Crippen LogP contribution in [0.4, 0.5) is 16.0 Å². The molecule has 0 unspecified atom stereocenters. The molecule has 1 saturated heterocycles. The Kier molecular flexibility index (Phi) is 7.49. The molecule has 174 valence electrons. The van der Waals surface area contributed by atoms with E-state index in [9.17, 15) is 19.2 Å². The Morgan fingerprint density at radius 2 is 1.94 bits per heavy atom. The molecule has 8 nitrogen and oxygen atoms in total. The van der Waals surface area contributed by atoms with E-state index in [4.69, 9.17) is 11.6 Å². The van der Waals surface area contributed by atoms with Crippen LogP contribution in [0, 0.1) is 23.1 Å². The fourth-order valence-corrected chi connectivity index (χ4v) is 3.89. The number of carbonyl (C=O) groups excluding carboxylic acids is 2. The number of aromatic nitrogens is 2. The normalized spacial score (nSPS) is 14.2. The number of amides is 1. The lowest BCUT2D eigenvalue weighted by atomic mass is 9.88. The van der Waals surface area contributed by atoms with E-state index in [0.717, 1.165) is 0 Å². The van der Waals surface area contributed by atoms with Crippen LogP contribution >= 0.6 is 11.6 Å². The molecule has 33 heavy (non-hydrogen) atoms. The van der Waals surface area contributed by atoms with E-state index in [0.29, 0.717) is 42.6 Å². The number of rotatable bonds is 6. The predicted octanol–water partition coefficient (Wildman–Crippen LogP) is 3.76. The van der Waals surface area contributed by atoms with Crippen molar-refractivity contribution in [2.45, 2.75) is 32.7 Å². The topological polar surface area (TPSA) is 102 Å². The van der Waals surface area contributed by atoms with Crippen LogP contribution in [0.15, 0.2) is 18.2 Å². The van der Waals surface area contributed by atoms with Crippen LogP contribution in [0.3, 0.4) is 0 Å². The SMILES string of the molecule is CC(C)Nc1nc(C(=O)N(C)C)c(C#N)nc1N1CCC(C(=O)c2cc(Cl)ccc2F)CC1. The van der Waals surface area contributed by atoms with Crippen molar-refractivity contribution in [3.8, 4) is 6.07 Å². The monoisotopic (exact) mass is 472 g/mol. The van der Waals surface area contributed by atoms with Crippen LogP contribution < -0.4 is 10.2 Å². The molecule has 0 saturated carbocycles. The molecule has 1 fully saturated rings. The quantitative estimate of drug-likeness (QED) is 0.638. The maximum Gasteiger partial charge on any atom is 0.275 e. The van der Waals surface area contributed by atoms with E-state index in [1.54, 1.807) is 14.1 Å². The number of piperidine rings is 1. The summed E-state index contributed by atoms with van der Waals surface area (Å²) >= 11 is 5.94. The summed E-state index contributed by atoms with van der Waals surface area (Å²) < 4.78 is 14.2. The third-order valence-electron chi connectivity index (χ3n) is 5.38. The van der Waals surface area contributed by atoms with Gasteiger partial charge < -0.3 is 15.1 Å². The van der Waals surface area contributed by atoms with E-state index in [1.165, 1.54) is 23.1 Å². The van der Waals surface area contributed by atoms with Crippen molar-refractivity contribution in [1.29, 1.82) is 5.26 Å². The first kappa shape index (κ1) is 24.4. The number of nitriles is 1.